The van der Waals surface area contributed by atoms with Crippen LogP contribution in [0.25, 0.3) is 0 Å². The van der Waals surface area contributed by atoms with Crippen LogP contribution in [0.1, 0.15) is 37.8 Å². The molecule has 0 bridgehead atoms. The number of aliphatic carboxylic acids is 1. The molecular formula is C23H30O5Si. The standard InChI is InChI=1S/C23H30O5Si/c1-23(2,3)29(4,5)27-16-19(21(24)25)28-22(26)20(17-12-8-6-9-13-17)18-14-10-7-11-15-18/h6-15,19-20H,16H2,1-5H3,(H,24,25)/t19-/m1/s1. The van der Waals surface area contributed by atoms with Gasteiger partial charge < -0.3 is 14.3 Å². The topological polar surface area (TPSA) is 72.8 Å². The number of ether oxygens (including phenoxy) is 1. The molecule has 2 rings (SSSR count). The van der Waals surface area contributed by atoms with Crippen molar-refractivity contribution in [2.24, 2.45) is 0 Å². The molecule has 156 valence electrons. The van der Waals surface area contributed by atoms with E-state index in [0.717, 1.165) is 11.1 Å². The Labute approximate surface area is 173 Å². The van der Waals surface area contributed by atoms with Crippen molar-refractivity contribution in [1.82, 2.24) is 0 Å². The number of benzene rings is 2. The van der Waals surface area contributed by atoms with Gasteiger partial charge in [0.05, 0.1) is 6.61 Å². The first kappa shape index (κ1) is 22.8. The summed E-state index contributed by atoms with van der Waals surface area (Å²) >= 11 is 0. The second-order valence-corrected chi connectivity index (χ2v) is 13.4. The van der Waals surface area contributed by atoms with Gasteiger partial charge in [0.25, 0.3) is 0 Å². The Morgan fingerprint density at radius 3 is 1.76 bits per heavy atom. The molecule has 0 saturated carbocycles. The Morgan fingerprint density at radius 1 is 0.931 bits per heavy atom. The lowest BCUT2D eigenvalue weighted by molar-refractivity contribution is -0.166. The van der Waals surface area contributed by atoms with Crippen molar-refractivity contribution < 1.29 is 23.9 Å². The Balaban J connectivity index is 2.23. The van der Waals surface area contributed by atoms with E-state index in [1.165, 1.54) is 0 Å². The van der Waals surface area contributed by atoms with Gasteiger partial charge in [-0.05, 0) is 29.3 Å². The quantitative estimate of drug-likeness (QED) is 0.494. The Morgan fingerprint density at radius 2 is 1.38 bits per heavy atom. The van der Waals surface area contributed by atoms with Crippen molar-refractivity contribution in [3.05, 3.63) is 71.8 Å². The summed E-state index contributed by atoms with van der Waals surface area (Å²) in [5.41, 5.74) is 1.50. The van der Waals surface area contributed by atoms with Crippen molar-refractivity contribution in [1.29, 1.82) is 0 Å². The van der Waals surface area contributed by atoms with Crippen LogP contribution in [0.3, 0.4) is 0 Å². The highest BCUT2D eigenvalue weighted by Crippen LogP contribution is 2.36. The van der Waals surface area contributed by atoms with Crippen LogP contribution < -0.4 is 0 Å². The summed E-state index contributed by atoms with van der Waals surface area (Å²) in [7, 11) is -2.17. The second kappa shape index (κ2) is 9.37. The summed E-state index contributed by atoms with van der Waals surface area (Å²) in [6.07, 6.45) is -1.36. The van der Waals surface area contributed by atoms with E-state index in [4.69, 9.17) is 9.16 Å². The smallest absolute Gasteiger partial charge is 0.347 e. The lowest BCUT2D eigenvalue weighted by atomic mass is 9.91. The van der Waals surface area contributed by atoms with Crippen molar-refractivity contribution in [3.63, 3.8) is 0 Å². The molecule has 0 unspecified atom stereocenters. The molecule has 0 amide bonds. The van der Waals surface area contributed by atoms with Crippen LogP contribution in [-0.4, -0.2) is 38.1 Å². The monoisotopic (exact) mass is 414 g/mol. The van der Waals surface area contributed by atoms with Crippen LogP contribution in [0.2, 0.25) is 18.1 Å². The van der Waals surface area contributed by atoms with E-state index in [2.05, 4.69) is 20.8 Å². The fourth-order valence-electron chi connectivity index (χ4n) is 2.62. The molecule has 2 aromatic rings. The van der Waals surface area contributed by atoms with Crippen LogP contribution in [0.5, 0.6) is 0 Å². The third kappa shape index (κ3) is 6.02. The first-order valence-electron chi connectivity index (χ1n) is 9.70. The summed E-state index contributed by atoms with van der Waals surface area (Å²) in [6, 6.07) is 18.4. The summed E-state index contributed by atoms with van der Waals surface area (Å²) < 4.78 is 11.4. The fourth-order valence-corrected chi connectivity index (χ4v) is 3.62. The molecule has 0 radical (unpaired) electrons. The molecule has 0 heterocycles. The summed E-state index contributed by atoms with van der Waals surface area (Å²) in [6.45, 7) is 10.1. The molecule has 0 aliphatic rings. The van der Waals surface area contributed by atoms with Crippen molar-refractivity contribution in [2.75, 3.05) is 6.61 Å². The maximum absolute atomic E-state index is 13.1. The second-order valence-electron chi connectivity index (χ2n) is 8.59. The predicted molar refractivity (Wildman–Crippen MR) is 115 cm³/mol. The lowest BCUT2D eigenvalue weighted by Crippen LogP contribution is -2.45. The van der Waals surface area contributed by atoms with Crippen molar-refractivity contribution >= 4 is 20.3 Å². The van der Waals surface area contributed by atoms with Gasteiger partial charge in [-0.15, -0.1) is 0 Å². The predicted octanol–water partition coefficient (Wildman–Crippen LogP) is 4.84. The third-order valence-electron chi connectivity index (χ3n) is 5.44. The molecule has 0 aromatic heterocycles. The number of rotatable bonds is 8. The molecule has 0 fully saturated rings. The van der Waals surface area contributed by atoms with Gasteiger partial charge >= 0.3 is 11.9 Å². The largest absolute Gasteiger partial charge is 0.478 e. The first-order chi connectivity index (χ1) is 13.5. The minimum Gasteiger partial charge on any atom is -0.478 e. The van der Waals surface area contributed by atoms with Crippen LogP contribution in [0.15, 0.2) is 60.7 Å². The molecule has 29 heavy (non-hydrogen) atoms. The van der Waals surface area contributed by atoms with Gasteiger partial charge in [-0.1, -0.05) is 81.4 Å². The molecule has 0 aliphatic heterocycles. The normalized spacial score (nSPS) is 13.2. The zero-order chi connectivity index (χ0) is 21.7. The van der Waals surface area contributed by atoms with E-state index in [9.17, 15) is 14.7 Å². The van der Waals surface area contributed by atoms with Crippen molar-refractivity contribution in [2.45, 2.75) is 50.9 Å². The molecule has 0 saturated heterocycles. The maximum atomic E-state index is 13.1. The molecule has 5 nitrogen and oxygen atoms in total. The van der Waals surface area contributed by atoms with E-state index in [1.807, 2.05) is 73.8 Å². The summed E-state index contributed by atoms with van der Waals surface area (Å²) in [5.74, 6) is -2.52. The zero-order valence-electron chi connectivity index (χ0n) is 17.7. The molecule has 6 heteroatoms. The molecular weight excluding hydrogens is 384 g/mol. The van der Waals surface area contributed by atoms with Gasteiger partial charge in [-0.3, -0.25) is 4.79 Å². The average molecular weight is 415 g/mol. The molecule has 0 spiro atoms. The average Bonchev–Trinajstić information content (AvgIpc) is 2.66. The highest BCUT2D eigenvalue weighted by atomic mass is 28.4. The van der Waals surface area contributed by atoms with Gasteiger partial charge in [-0.2, -0.15) is 0 Å². The van der Waals surface area contributed by atoms with E-state index < -0.39 is 32.3 Å². The number of hydrogen-bond donors (Lipinski definition) is 1. The Kier molecular flexibility index (Phi) is 7.38. The Bertz CT molecular complexity index is 773. The number of carboxylic acids is 1. The van der Waals surface area contributed by atoms with Gasteiger partial charge in [0.2, 0.25) is 6.10 Å². The SMILES string of the molecule is CC(C)(C)[Si](C)(C)OC[C@@H](OC(=O)C(c1ccccc1)c1ccccc1)C(=O)O. The van der Waals surface area contributed by atoms with Gasteiger partial charge in [-0.25, -0.2) is 4.79 Å². The minimum atomic E-state index is -2.17. The summed E-state index contributed by atoms with van der Waals surface area (Å²) in [5, 5.41) is 9.53. The van der Waals surface area contributed by atoms with Crippen LogP contribution in [0, 0.1) is 0 Å². The van der Waals surface area contributed by atoms with Crippen LogP contribution in [0.4, 0.5) is 0 Å². The van der Waals surface area contributed by atoms with E-state index in [-0.39, 0.29) is 11.6 Å². The van der Waals surface area contributed by atoms with Crippen molar-refractivity contribution in [3.8, 4) is 0 Å². The number of carbonyl (C=O) groups excluding carboxylic acids is 1. The lowest BCUT2D eigenvalue weighted by Gasteiger charge is -2.36. The Hall–Kier alpha value is -2.44. The zero-order valence-corrected chi connectivity index (χ0v) is 18.7. The number of carboxylic acid groups (broad SMARTS) is 1. The van der Waals surface area contributed by atoms with Gasteiger partial charge in [0.15, 0.2) is 8.32 Å². The van der Waals surface area contributed by atoms with Gasteiger partial charge in [0, 0.05) is 0 Å². The molecule has 1 N–H and O–H groups in total. The third-order valence-corrected chi connectivity index (χ3v) is 9.94. The molecule has 2 aromatic carbocycles. The van der Waals surface area contributed by atoms with E-state index >= 15 is 0 Å². The number of carbonyl (C=O) groups is 2. The highest BCUT2D eigenvalue weighted by Gasteiger charge is 2.39. The van der Waals surface area contributed by atoms with E-state index in [1.54, 1.807) is 0 Å². The molecule has 0 aliphatic carbocycles. The van der Waals surface area contributed by atoms with E-state index in [0.29, 0.717) is 0 Å². The number of hydrogen-bond acceptors (Lipinski definition) is 4. The summed E-state index contributed by atoms with van der Waals surface area (Å²) in [4.78, 5) is 24.8. The fraction of sp³-hybridized carbons (Fsp3) is 0.391. The maximum Gasteiger partial charge on any atom is 0.347 e. The van der Waals surface area contributed by atoms with Gasteiger partial charge in [0.1, 0.15) is 5.92 Å². The number of esters is 1. The molecule has 1 atom stereocenters. The first-order valence-corrected chi connectivity index (χ1v) is 12.6. The van der Waals surface area contributed by atoms with Crippen LogP contribution in [-0.2, 0) is 18.8 Å². The van der Waals surface area contributed by atoms with Crippen LogP contribution >= 0.6 is 0 Å². The highest BCUT2D eigenvalue weighted by molar-refractivity contribution is 6.74. The minimum absolute atomic E-state index is 0.0727.